The predicted octanol–water partition coefficient (Wildman–Crippen LogP) is 6.33. The topological polar surface area (TPSA) is 70.1 Å². The van der Waals surface area contributed by atoms with Crippen molar-refractivity contribution < 1.29 is 19.4 Å². The number of hydrogen-bond acceptors (Lipinski definition) is 4. The summed E-state index contributed by atoms with van der Waals surface area (Å²) in [6.45, 7) is 8.89. The number of piperazine rings is 1. The Bertz CT molecular complexity index is 466. The molecular weight excluding hydrogens is 404 g/mol. The fourth-order valence-corrected chi connectivity index (χ4v) is 4.51. The van der Waals surface area contributed by atoms with Crippen LogP contribution in [0.5, 0.6) is 0 Å². The van der Waals surface area contributed by atoms with E-state index in [1.807, 2.05) is 0 Å². The van der Waals surface area contributed by atoms with E-state index in [-0.39, 0.29) is 5.97 Å². The Morgan fingerprint density at radius 2 is 1.38 bits per heavy atom. The fourth-order valence-electron chi connectivity index (χ4n) is 4.51. The molecule has 0 aliphatic carbocycles. The van der Waals surface area contributed by atoms with Gasteiger partial charge in [-0.05, 0) is 31.7 Å². The summed E-state index contributed by atoms with van der Waals surface area (Å²) in [6.07, 6.45) is 16.7. The van der Waals surface area contributed by atoms with Crippen LogP contribution in [0.4, 0.5) is 4.79 Å². The van der Waals surface area contributed by atoms with E-state index in [9.17, 15) is 9.59 Å². The SMILES string of the molecule is CCCCCCC(CCCCCC)CCOC(=O)CCCCCN1CCN(C(=O)O)CC1. The van der Waals surface area contributed by atoms with Gasteiger partial charge < -0.3 is 14.7 Å². The van der Waals surface area contributed by atoms with E-state index in [2.05, 4.69) is 18.7 Å². The summed E-state index contributed by atoms with van der Waals surface area (Å²) in [5.41, 5.74) is 0. The first-order valence-corrected chi connectivity index (χ1v) is 13.4. The van der Waals surface area contributed by atoms with Gasteiger partial charge in [0.25, 0.3) is 0 Å². The quantitative estimate of drug-likeness (QED) is 0.182. The van der Waals surface area contributed by atoms with Crippen molar-refractivity contribution in [2.75, 3.05) is 39.3 Å². The Morgan fingerprint density at radius 1 is 0.781 bits per heavy atom. The Labute approximate surface area is 197 Å². The molecule has 6 heteroatoms. The molecule has 1 amide bonds. The van der Waals surface area contributed by atoms with Gasteiger partial charge in [0.15, 0.2) is 0 Å². The second-order valence-corrected chi connectivity index (χ2v) is 9.50. The van der Waals surface area contributed by atoms with Crippen LogP contribution in [0, 0.1) is 5.92 Å². The van der Waals surface area contributed by atoms with E-state index in [1.165, 1.54) is 69.1 Å². The van der Waals surface area contributed by atoms with Crippen LogP contribution in [0.2, 0.25) is 0 Å². The summed E-state index contributed by atoms with van der Waals surface area (Å²) in [5, 5.41) is 8.99. The van der Waals surface area contributed by atoms with Gasteiger partial charge in [0.05, 0.1) is 6.61 Å². The minimum Gasteiger partial charge on any atom is -0.466 e. The highest BCUT2D eigenvalue weighted by Gasteiger charge is 2.19. The Balaban J connectivity index is 2.07. The van der Waals surface area contributed by atoms with E-state index in [4.69, 9.17) is 9.84 Å². The molecule has 32 heavy (non-hydrogen) atoms. The van der Waals surface area contributed by atoms with Crippen LogP contribution in [-0.4, -0.2) is 66.3 Å². The maximum absolute atomic E-state index is 12.1. The third kappa shape index (κ3) is 14.7. The number of esters is 1. The minimum absolute atomic E-state index is 0.0456. The number of carbonyl (C=O) groups is 2. The van der Waals surface area contributed by atoms with Crippen molar-refractivity contribution in [3.05, 3.63) is 0 Å². The zero-order chi connectivity index (χ0) is 23.4. The zero-order valence-corrected chi connectivity index (χ0v) is 21.0. The number of amides is 1. The van der Waals surface area contributed by atoms with Gasteiger partial charge in [-0.3, -0.25) is 9.69 Å². The highest BCUT2D eigenvalue weighted by Crippen LogP contribution is 2.22. The molecule has 1 aliphatic heterocycles. The smallest absolute Gasteiger partial charge is 0.407 e. The molecule has 0 atom stereocenters. The molecule has 0 radical (unpaired) electrons. The molecule has 1 heterocycles. The van der Waals surface area contributed by atoms with Gasteiger partial charge in [-0.1, -0.05) is 84.5 Å². The van der Waals surface area contributed by atoms with Crippen molar-refractivity contribution in [1.82, 2.24) is 9.80 Å². The van der Waals surface area contributed by atoms with Crippen LogP contribution < -0.4 is 0 Å². The number of unbranched alkanes of at least 4 members (excludes halogenated alkanes) is 8. The summed E-state index contributed by atoms with van der Waals surface area (Å²) in [4.78, 5) is 26.8. The third-order valence-electron chi connectivity index (χ3n) is 6.72. The average molecular weight is 455 g/mol. The fraction of sp³-hybridized carbons (Fsp3) is 0.923. The van der Waals surface area contributed by atoms with Crippen LogP contribution in [0.1, 0.15) is 110 Å². The van der Waals surface area contributed by atoms with Gasteiger partial charge in [-0.15, -0.1) is 0 Å². The number of carboxylic acid groups (broad SMARTS) is 1. The summed E-state index contributed by atoms with van der Waals surface area (Å²) in [7, 11) is 0. The number of nitrogens with zero attached hydrogens (tertiary/aromatic N) is 2. The molecule has 1 aliphatic rings. The van der Waals surface area contributed by atoms with E-state index >= 15 is 0 Å². The minimum atomic E-state index is -0.817. The normalized spacial score (nSPS) is 14.8. The first-order chi connectivity index (χ1) is 15.6. The van der Waals surface area contributed by atoms with Crippen LogP contribution in [0.3, 0.4) is 0 Å². The van der Waals surface area contributed by atoms with E-state index < -0.39 is 6.09 Å². The van der Waals surface area contributed by atoms with Crippen LogP contribution in [-0.2, 0) is 9.53 Å². The second kappa shape index (κ2) is 19.2. The van der Waals surface area contributed by atoms with Crippen LogP contribution in [0.15, 0.2) is 0 Å². The van der Waals surface area contributed by atoms with E-state index in [0.717, 1.165) is 45.3 Å². The average Bonchev–Trinajstić information content (AvgIpc) is 2.79. The van der Waals surface area contributed by atoms with Gasteiger partial charge in [0, 0.05) is 32.6 Å². The molecule has 0 spiro atoms. The molecule has 0 aromatic heterocycles. The molecular formula is C26H50N2O4. The molecule has 1 fully saturated rings. The molecule has 0 saturated carbocycles. The van der Waals surface area contributed by atoms with Gasteiger partial charge >= 0.3 is 12.1 Å². The molecule has 1 N–H and O–H groups in total. The van der Waals surface area contributed by atoms with Gasteiger partial charge in [0.1, 0.15) is 0 Å². The molecule has 0 unspecified atom stereocenters. The van der Waals surface area contributed by atoms with Crippen molar-refractivity contribution in [2.45, 2.75) is 110 Å². The molecule has 1 saturated heterocycles. The largest absolute Gasteiger partial charge is 0.466 e. The monoisotopic (exact) mass is 454 g/mol. The third-order valence-corrected chi connectivity index (χ3v) is 6.72. The van der Waals surface area contributed by atoms with Crippen molar-refractivity contribution in [3.63, 3.8) is 0 Å². The van der Waals surface area contributed by atoms with E-state index in [1.54, 1.807) is 0 Å². The Kier molecular flexibility index (Phi) is 17.2. The van der Waals surface area contributed by atoms with Crippen LogP contribution >= 0.6 is 0 Å². The molecule has 0 aromatic rings. The standard InChI is InChI=1S/C26H50N2O4/c1-3-5-7-10-14-24(15-11-8-6-4-2)17-23-32-25(29)16-12-9-13-18-27-19-21-28(22-20-27)26(30)31/h24H,3-23H2,1-2H3,(H,30,31). The molecule has 0 bridgehead atoms. The van der Waals surface area contributed by atoms with Crippen molar-refractivity contribution in [2.24, 2.45) is 5.92 Å². The lowest BCUT2D eigenvalue weighted by Crippen LogP contribution is -2.48. The van der Waals surface area contributed by atoms with Crippen molar-refractivity contribution in [3.8, 4) is 0 Å². The summed E-state index contributed by atoms with van der Waals surface area (Å²) < 4.78 is 5.55. The summed E-state index contributed by atoms with van der Waals surface area (Å²) >= 11 is 0. The second-order valence-electron chi connectivity index (χ2n) is 9.50. The first-order valence-electron chi connectivity index (χ1n) is 13.4. The van der Waals surface area contributed by atoms with Crippen molar-refractivity contribution in [1.29, 1.82) is 0 Å². The van der Waals surface area contributed by atoms with Gasteiger partial charge in [-0.2, -0.15) is 0 Å². The Morgan fingerprint density at radius 3 is 1.94 bits per heavy atom. The maximum Gasteiger partial charge on any atom is 0.407 e. The molecule has 0 aromatic carbocycles. The number of hydrogen-bond donors (Lipinski definition) is 1. The first kappa shape index (κ1) is 28.7. The van der Waals surface area contributed by atoms with Gasteiger partial charge in [0.2, 0.25) is 0 Å². The summed E-state index contributed by atoms with van der Waals surface area (Å²) in [6, 6.07) is 0. The maximum atomic E-state index is 12.1. The van der Waals surface area contributed by atoms with E-state index in [0.29, 0.717) is 32.0 Å². The highest BCUT2D eigenvalue weighted by atomic mass is 16.5. The zero-order valence-electron chi connectivity index (χ0n) is 21.0. The van der Waals surface area contributed by atoms with Crippen LogP contribution in [0.25, 0.3) is 0 Å². The predicted molar refractivity (Wildman–Crippen MR) is 131 cm³/mol. The lowest BCUT2D eigenvalue weighted by Gasteiger charge is -2.33. The van der Waals surface area contributed by atoms with Crippen molar-refractivity contribution >= 4 is 12.1 Å². The molecule has 1 rings (SSSR count). The summed E-state index contributed by atoms with van der Waals surface area (Å²) in [5.74, 6) is 0.661. The highest BCUT2D eigenvalue weighted by molar-refractivity contribution is 5.69. The Hall–Kier alpha value is -1.30. The lowest BCUT2D eigenvalue weighted by atomic mass is 9.92. The molecule has 6 nitrogen and oxygen atoms in total. The number of carbonyl (C=O) groups excluding carboxylic acids is 1. The number of rotatable bonds is 19. The molecule has 188 valence electrons. The van der Waals surface area contributed by atoms with Gasteiger partial charge in [-0.25, -0.2) is 4.79 Å². The lowest BCUT2D eigenvalue weighted by molar-refractivity contribution is -0.144. The number of ether oxygens (including phenoxy) is 1.